The van der Waals surface area contributed by atoms with Crippen molar-refractivity contribution in [1.82, 2.24) is 4.98 Å². The van der Waals surface area contributed by atoms with Crippen LogP contribution in [0.4, 0.5) is 0 Å². The second-order valence-corrected chi connectivity index (χ2v) is 7.97. The van der Waals surface area contributed by atoms with E-state index >= 15 is 0 Å². The molecular formula is C26H32N2O4. The van der Waals surface area contributed by atoms with Crippen molar-refractivity contribution in [1.29, 1.82) is 0 Å². The lowest BCUT2D eigenvalue weighted by atomic mass is 9.82. The van der Waals surface area contributed by atoms with Crippen molar-refractivity contribution in [2.24, 2.45) is 5.16 Å². The minimum atomic E-state index is -0.965. The highest BCUT2D eigenvalue weighted by atomic mass is 16.6. The fourth-order valence-electron chi connectivity index (χ4n) is 4.02. The highest BCUT2D eigenvalue weighted by Crippen LogP contribution is 2.37. The number of allylic oxidation sites excluding steroid dienone is 1. The molecule has 1 heterocycles. The summed E-state index contributed by atoms with van der Waals surface area (Å²) < 4.78 is 5.49. The Kier molecular flexibility index (Phi) is 9.29. The van der Waals surface area contributed by atoms with Crippen LogP contribution in [-0.2, 0) is 16.1 Å². The van der Waals surface area contributed by atoms with Crippen LogP contribution in [0.3, 0.4) is 0 Å². The van der Waals surface area contributed by atoms with Crippen LogP contribution in [0.2, 0.25) is 0 Å². The van der Waals surface area contributed by atoms with Gasteiger partial charge < -0.3 is 14.7 Å². The zero-order valence-electron chi connectivity index (χ0n) is 18.7. The van der Waals surface area contributed by atoms with E-state index in [4.69, 9.17) is 14.7 Å². The van der Waals surface area contributed by atoms with Gasteiger partial charge in [0.05, 0.1) is 5.71 Å². The van der Waals surface area contributed by atoms with E-state index in [0.717, 1.165) is 55.4 Å². The number of hydrogen-bond donors (Lipinski definition) is 1. The molecule has 3 rings (SSSR count). The fraction of sp³-hybridized carbons (Fsp3) is 0.423. The van der Waals surface area contributed by atoms with E-state index in [-0.39, 0.29) is 12.5 Å². The number of hydrogen-bond acceptors (Lipinski definition) is 5. The van der Waals surface area contributed by atoms with Crippen LogP contribution in [0.25, 0.3) is 0 Å². The second kappa shape index (κ2) is 12.6. The lowest BCUT2D eigenvalue weighted by molar-refractivity contribution is -0.139. The Balaban J connectivity index is 1.61. The number of aliphatic carboxylic acids is 1. The quantitative estimate of drug-likeness (QED) is 0.205. The number of ether oxygens (including phenoxy) is 1. The Morgan fingerprint density at radius 1 is 1.28 bits per heavy atom. The molecule has 0 bridgehead atoms. The molecule has 170 valence electrons. The molecule has 6 nitrogen and oxygen atoms in total. The number of fused-ring (bicyclic) bond motifs is 1. The SMILES string of the molecule is CCCCC/C(=N/OC/C=C/C1CCCc2c(OCC(=O)O)cccc21)c1cccnc1. The van der Waals surface area contributed by atoms with Gasteiger partial charge in [-0.1, -0.05) is 43.1 Å². The van der Waals surface area contributed by atoms with E-state index in [9.17, 15) is 4.79 Å². The predicted molar refractivity (Wildman–Crippen MR) is 125 cm³/mol. The molecule has 0 spiro atoms. The van der Waals surface area contributed by atoms with E-state index in [1.807, 2.05) is 36.5 Å². The number of oxime groups is 1. The van der Waals surface area contributed by atoms with Crippen LogP contribution in [0.5, 0.6) is 5.75 Å². The molecule has 1 aromatic carbocycles. The zero-order chi connectivity index (χ0) is 22.6. The molecule has 0 amide bonds. The molecule has 1 aliphatic rings. The molecule has 0 radical (unpaired) electrons. The van der Waals surface area contributed by atoms with Crippen LogP contribution in [-0.4, -0.2) is 35.0 Å². The zero-order valence-corrected chi connectivity index (χ0v) is 18.7. The lowest BCUT2D eigenvalue weighted by Crippen LogP contribution is -2.14. The largest absolute Gasteiger partial charge is 0.482 e. The van der Waals surface area contributed by atoms with Crippen molar-refractivity contribution in [3.05, 3.63) is 71.6 Å². The first-order valence-corrected chi connectivity index (χ1v) is 11.4. The molecular weight excluding hydrogens is 404 g/mol. The van der Waals surface area contributed by atoms with E-state index < -0.39 is 5.97 Å². The normalized spacial score (nSPS) is 16.0. The number of unbranched alkanes of at least 4 members (excludes halogenated alkanes) is 2. The van der Waals surface area contributed by atoms with Gasteiger partial charge in [-0.15, -0.1) is 0 Å². The smallest absolute Gasteiger partial charge is 0.341 e. The summed E-state index contributed by atoms with van der Waals surface area (Å²) in [6.07, 6.45) is 15.0. The van der Waals surface area contributed by atoms with Gasteiger partial charge in [-0.3, -0.25) is 4.98 Å². The number of pyridine rings is 1. The molecule has 32 heavy (non-hydrogen) atoms. The van der Waals surface area contributed by atoms with Crippen molar-refractivity contribution < 1.29 is 19.5 Å². The minimum Gasteiger partial charge on any atom is -0.482 e. The summed E-state index contributed by atoms with van der Waals surface area (Å²) in [7, 11) is 0. The van der Waals surface area contributed by atoms with E-state index in [1.165, 1.54) is 12.0 Å². The maximum atomic E-state index is 10.9. The third-order valence-corrected chi connectivity index (χ3v) is 5.59. The summed E-state index contributed by atoms with van der Waals surface area (Å²) in [5.41, 5.74) is 4.25. The van der Waals surface area contributed by atoms with Crippen molar-refractivity contribution in [3.63, 3.8) is 0 Å². The molecule has 1 aliphatic carbocycles. The lowest BCUT2D eigenvalue weighted by Gasteiger charge is -2.25. The summed E-state index contributed by atoms with van der Waals surface area (Å²) in [5.74, 6) is -0.0213. The monoisotopic (exact) mass is 436 g/mol. The molecule has 0 aliphatic heterocycles. The maximum absolute atomic E-state index is 10.9. The number of rotatable bonds is 12. The first kappa shape index (κ1) is 23.5. The van der Waals surface area contributed by atoms with Gasteiger partial charge in [0.15, 0.2) is 6.61 Å². The van der Waals surface area contributed by atoms with Crippen molar-refractivity contribution in [2.45, 2.75) is 57.8 Å². The summed E-state index contributed by atoms with van der Waals surface area (Å²) >= 11 is 0. The number of carboxylic acid groups (broad SMARTS) is 1. The highest BCUT2D eigenvalue weighted by molar-refractivity contribution is 5.99. The van der Waals surface area contributed by atoms with Crippen molar-refractivity contribution in [2.75, 3.05) is 13.2 Å². The van der Waals surface area contributed by atoms with Gasteiger partial charge in [-0.05, 0) is 67.5 Å². The predicted octanol–water partition coefficient (Wildman–Crippen LogP) is 5.52. The summed E-state index contributed by atoms with van der Waals surface area (Å²) in [4.78, 5) is 20.7. The molecule has 1 atom stereocenters. The highest BCUT2D eigenvalue weighted by Gasteiger charge is 2.21. The second-order valence-electron chi connectivity index (χ2n) is 7.97. The van der Waals surface area contributed by atoms with Crippen molar-refractivity contribution in [3.8, 4) is 5.75 Å². The van der Waals surface area contributed by atoms with Crippen LogP contribution in [0.15, 0.2) is 60.0 Å². The van der Waals surface area contributed by atoms with Gasteiger partial charge in [0.2, 0.25) is 0 Å². The molecule has 1 N–H and O–H groups in total. The average Bonchev–Trinajstić information content (AvgIpc) is 2.82. The Morgan fingerprint density at radius 2 is 2.19 bits per heavy atom. The molecule has 6 heteroatoms. The first-order chi connectivity index (χ1) is 15.7. The van der Waals surface area contributed by atoms with Gasteiger partial charge in [0, 0.05) is 23.9 Å². The number of benzene rings is 1. The van der Waals surface area contributed by atoms with Crippen LogP contribution in [0.1, 0.15) is 68.1 Å². The minimum absolute atomic E-state index is 0.266. The number of aromatic nitrogens is 1. The van der Waals surface area contributed by atoms with Gasteiger partial charge in [-0.2, -0.15) is 0 Å². The number of carboxylic acids is 1. The molecule has 0 saturated carbocycles. The van der Waals surface area contributed by atoms with E-state index in [1.54, 1.807) is 6.20 Å². The molecule has 1 unspecified atom stereocenters. The first-order valence-electron chi connectivity index (χ1n) is 11.4. The third kappa shape index (κ3) is 6.94. The average molecular weight is 437 g/mol. The molecule has 2 aromatic rings. The molecule has 0 saturated heterocycles. The Morgan fingerprint density at radius 3 is 2.97 bits per heavy atom. The summed E-state index contributed by atoms with van der Waals surface area (Å²) in [6, 6.07) is 9.81. The van der Waals surface area contributed by atoms with Gasteiger partial charge >= 0.3 is 5.97 Å². The van der Waals surface area contributed by atoms with Crippen LogP contribution >= 0.6 is 0 Å². The summed E-state index contributed by atoms with van der Waals surface area (Å²) in [5, 5.41) is 13.3. The fourth-order valence-corrected chi connectivity index (χ4v) is 4.02. The van der Waals surface area contributed by atoms with Crippen LogP contribution < -0.4 is 4.74 Å². The summed E-state index contributed by atoms with van der Waals surface area (Å²) in [6.45, 7) is 2.27. The third-order valence-electron chi connectivity index (χ3n) is 5.59. The topological polar surface area (TPSA) is 81.0 Å². The Labute approximate surface area is 190 Å². The van der Waals surface area contributed by atoms with Gasteiger partial charge in [0.25, 0.3) is 0 Å². The Hall–Kier alpha value is -3.15. The maximum Gasteiger partial charge on any atom is 0.341 e. The van der Waals surface area contributed by atoms with Crippen LogP contribution in [0, 0.1) is 0 Å². The van der Waals surface area contributed by atoms with Gasteiger partial charge in [-0.25, -0.2) is 4.79 Å². The number of carbonyl (C=O) groups is 1. The van der Waals surface area contributed by atoms with Crippen molar-refractivity contribution >= 4 is 11.7 Å². The number of nitrogens with zero attached hydrogens (tertiary/aromatic N) is 2. The van der Waals surface area contributed by atoms with Gasteiger partial charge in [0.1, 0.15) is 12.4 Å². The molecule has 1 aromatic heterocycles. The molecule has 0 fully saturated rings. The van der Waals surface area contributed by atoms with E-state index in [2.05, 4.69) is 29.2 Å². The standard InChI is InChI=1S/C26H32N2O4/c1-2-3-4-14-24(21-10-7-16-27-18-21)28-32-17-8-11-20-9-5-13-23-22(20)12-6-15-25(23)31-19-26(29)30/h6-8,10-12,15-16,18,20H,2-5,9,13-14,17,19H2,1H3,(H,29,30)/b11-8+,28-24-. The Bertz CT molecular complexity index is 925. The van der Waals surface area contributed by atoms with E-state index in [0.29, 0.717) is 12.4 Å².